The lowest BCUT2D eigenvalue weighted by Crippen LogP contribution is -2.34. The molecular formula is C13H23N5O. The lowest BCUT2D eigenvalue weighted by molar-refractivity contribution is 0.103. The molecule has 0 saturated carbocycles. The molecule has 0 amide bonds. The summed E-state index contributed by atoms with van der Waals surface area (Å²) in [5.74, 6) is -0.0403. The lowest BCUT2D eigenvalue weighted by Gasteiger charge is -2.21. The molecule has 19 heavy (non-hydrogen) atoms. The molecule has 0 aliphatic heterocycles. The Balaban J connectivity index is 2.53. The number of nitrogens with two attached hydrogens (primary N) is 1. The van der Waals surface area contributed by atoms with Gasteiger partial charge in [0.15, 0.2) is 0 Å². The van der Waals surface area contributed by atoms with Crippen LogP contribution in [-0.2, 0) is 6.54 Å². The molecular weight excluding hydrogens is 242 g/mol. The molecule has 6 nitrogen and oxygen atoms in total. The van der Waals surface area contributed by atoms with Gasteiger partial charge in [0.1, 0.15) is 0 Å². The van der Waals surface area contributed by atoms with Crippen LogP contribution in [0.15, 0.2) is 0 Å². The van der Waals surface area contributed by atoms with E-state index in [0.29, 0.717) is 25.3 Å². The van der Waals surface area contributed by atoms with Gasteiger partial charge in [-0.15, -0.1) is 0 Å². The summed E-state index contributed by atoms with van der Waals surface area (Å²) < 4.78 is 1.73. The highest BCUT2D eigenvalue weighted by atomic mass is 16.3. The third-order valence-electron chi connectivity index (χ3n) is 3.15. The van der Waals surface area contributed by atoms with Crippen molar-refractivity contribution in [1.82, 2.24) is 14.7 Å². The van der Waals surface area contributed by atoms with Gasteiger partial charge in [-0.25, -0.2) is 0 Å². The maximum Gasteiger partial charge on any atom is 0.0862 e. The van der Waals surface area contributed by atoms with Crippen LogP contribution < -0.4 is 5.73 Å². The number of anilines is 1. The predicted molar refractivity (Wildman–Crippen MR) is 74.4 cm³/mol. The fourth-order valence-electron chi connectivity index (χ4n) is 2.09. The van der Waals surface area contributed by atoms with E-state index in [2.05, 4.69) is 11.2 Å². The van der Waals surface area contributed by atoms with Gasteiger partial charge in [-0.05, 0) is 27.8 Å². The average molecular weight is 265 g/mol. The number of hydrogen-bond acceptors (Lipinski definition) is 5. The normalized spacial score (nSPS) is 14.4. The van der Waals surface area contributed by atoms with Gasteiger partial charge >= 0.3 is 0 Å². The Bertz CT molecular complexity index is 462. The Morgan fingerprint density at radius 2 is 2.11 bits per heavy atom. The van der Waals surface area contributed by atoms with Gasteiger partial charge in [0.25, 0.3) is 0 Å². The molecule has 1 rings (SSSR count). The molecule has 0 saturated heterocycles. The minimum atomic E-state index is -0.534. The molecule has 6 heteroatoms. The molecule has 2 unspecified atom stereocenters. The highest BCUT2D eigenvalue weighted by Gasteiger charge is 2.15. The van der Waals surface area contributed by atoms with Crippen molar-refractivity contribution in [1.29, 1.82) is 5.26 Å². The standard InChI is InChI=1S/C13H23N5O/c1-9(5-14)6-17(4)7-12(19)8-18-11(3)13(15)10(2)16-18/h9,12,19H,6-8,15H2,1-4H3. The smallest absolute Gasteiger partial charge is 0.0862 e. The Kier molecular flexibility index (Phi) is 5.33. The number of hydrogen-bond donors (Lipinski definition) is 2. The van der Waals surface area contributed by atoms with Crippen LogP contribution in [0.5, 0.6) is 0 Å². The second-order valence-corrected chi connectivity index (χ2v) is 5.17. The molecule has 1 aromatic heterocycles. The highest BCUT2D eigenvalue weighted by Crippen LogP contribution is 2.15. The quantitative estimate of drug-likeness (QED) is 0.783. The summed E-state index contributed by atoms with van der Waals surface area (Å²) in [7, 11) is 1.90. The van der Waals surface area contributed by atoms with E-state index in [1.54, 1.807) is 4.68 Å². The molecule has 0 aliphatic rings. The minimum absolute atomic E-state index is 0.0403. The first kappa shape index (κ1) is 15.5. The molecule has 0 fully saturated rings. The molecule has 1 heterocycles. The van der Waals surface area contributed by atoms with Gasteiger partial charge in [0, 0.05) is 13.1 Å². The van der Waals surface area contributed by atoms with Crippen LogP contribution in [0.25, 0.3) is 0 Å². The maximum atomic E-state index is 10.1. The predicted octanol–water partition coefficient (Wildman–Crippen LogP) is 0.535. The van der Waals surface area contributed by atoms with Crippen LogP contribution in [0.2, 0.25) is 0 Å². The first-order valence-electron chi connectivity index (χ1n) is 6.40. The monoisotopic (exact) mass is 265 g/mol. The van der Waals surface area contributed by atoms with Crippen molar-refractivity contribution in [2.45, 2.75) is 33.4 Å². The van der Waals surface area contributed by atoms with Crippen LogP contribution in [0, 0.1) is 31.1 Å². The number of nitrogen functional groups attached to an aromatic ring is 1. The van der Waals surface area contributed by atoms with E-state index < -0.39 is 6.10 Å². The summed E-state index contributed by atoms with van der Waals surface area (Å²) in [6.07, 6.45) is -0.534. The number of nitriles is 1. The molecule has 0 spiro atoms. The average Bonchev–Trinajstić information content (AvgIpc) is 2.56. The van der Waals surface area contributed by atoms with E-state index in [0.717, 1.165) is 11.4 Å². The van der Waals surface area contributed by atoms with Gasteiger partial charge in [-0.1, -0.05) is 0 Å². The Morgan fingerprint density at radius 3 is 2.58 bits per heavy atom. The Morgan fingerprint density at radius 1 is 1.47 bits per heavy atom. The van der Waals surface area contributed by atoms with Gasteiger partial charge < -0.3 is 15.7 Å². The summed E-state index contributed by atoms with van der Waals surface area (Å²) >= 11 is 0. The SMILES string of the molecule is Cc1nn(CC(O)CN(C)CC(C)C#N)c(C)c1N. The van der Waals surface area contributed by atoms with Gasteiger partial charge in [0.05, 0.1) is 41.7 Å². The van der Waals surface area contributed by atoms with Crippen LogP contribution in [0.3, 0.4) is 0 Å². The van der Waals surface area contributed by atoms with Crippen LogP contribution >= 0.6 is 0 Å². The van der Waals surface area contributed by atoms with E-state index in [1.807, 2.05) is 32.7 Å². The number of aliphatic hydroxyl groups is 1. The lowest BCUT2D eigenvalue weighted by atomic mass is 10.2. The van der Waals surface area contributed by atoms with Gasteiger partial charge in [0.2, 0.25) is 0 Å². The summed E-state index contributed by atoms with van der Waals surface area (Å²) in [5.41, 5.74) is 8.20. The van der Waals surface area contributed by atoms with E-state index in [-0.39, 0.29) is 5.92 Å². The molecule has 0 radical (unpaired) electrons. The van der Waals surface area contributed by atoms with Gasteiger partial charge in [-0.3, -0.25) is 4.68 Å². The van der Waals surface area contributed by atoms with Crippen LogP contribution in [0.1, 0.15) is 18.3 Å². The van der Waals surface area contributed by atoms with Crippen LogP contribution in [0.4, 0.5) is 5.69 Å². The van der Waals surface area contributed by atoms with E-state index in [1.165, 1.54) is 0 Å². The summed E-state index contributed by atoms with van der Waals surface area (Å²) in [6.45, 7) is 7.17. The number of likely N-dealkylation sites (N-methyl/N-ethyl adjacent to an activating group) is 1. The number of aromatic nitrogens is 2. The number of nitrogens with zero attached hydrogens (tertiary/aromatic N) is 4. The number of rotatable bonds is 6. The molecule has 2 atom stereocenters. The molecule has 0 aromatic carbocycles. The largest absolute Gasteiger partial charge is 0.396 e. The Hall–Kier alpha value is -1.58. The zero-order valence-electron chi connectivity index (χ0n) is 12.1. The fraction of sp³-hybridized carbons (Fsp3) is 0.692. The zero-order valence-corrected chi connectivity index (χ0v) is 12.1. The van der Waals surface area contributed by atoms with Crippen molar-refractivity contribution in [3.8, 4) is 6.07 Å². The van der Waals surface area contributed by atoms with Crippen molar-refractivity contribution >= 4 is 5.69 Å². The van der Waals surface area contributed by atoms with E-state index in [9.17, 15) is 5.11 Å². The number of aryl methyl sites for hydroxylation is 1. The van der Waals surface area contributed by atoms with Crippen LogP contribution in [-0.4, -0.2) is 46.0 Å². The van der Waals surface area contributed by atoms with E-state index in [4.69, 9.17) is 11.0 Å². The topological polar surface area (TPSA) is 91.1 Å². The zero-order chi connectivity index (χ0) is 14.6. The van der Waals surface area contributed by atoms with Crippen molar-refractivity contribution in [3.05, 3.63) is 11.4 Å². The summed E-state index contributed by atoms with van der Waals surface area (Å²) in [5, 5.41) is 23.1. The first-order valence-corrected chi connectivity index (χ1v) is 6.40. The molecule has 1 aromatic rings. The van der Waals surface area contributed by atoms with Crippen molar-refractivity contribution in [2.24, 2.45) is 5.92 Å². The fourth-order valence-corrected chi connectivity index (χ4v) is 2.09. The first-order chi connectivity index (χ1) is 8.85. The third kappa shape index (κ3) is 4.23. The minimum Gasteiger partial charge on any atom is -0.396 e. The highest BCUT2D eigenvalue weighted by molar-refractivity contribution is 5.46. The molecule has 3 N–H and O–H groups in total. The second kappa shape index (κ2) is 6.55. The molecule has 0 aliphatic carbocycles. The number of aliphatic hydroxyl groups excluding tert-OH is 1. The maximum absolute atomic E-state index is 10.1. The Labute approximate surface area is 114 Å². The van der Waals surface area contributed by atoms with Crippen molar-refractivity contribution in [3.63, 3.8) is 0 Å². The third-order valence-corrected chi connectivity index (χ3v) is 3.15. The molecule has 106 valence electrons. The molecule has 0 bridgehead atoms. The summed E-state index contributed by atoms with van der Waals surface area (Å²) in [6, 6.07) is 2.18. The second-order valence-electron chi connectivity index (χ2n) is 5.17. The van der Waals surface area contributed by atoms with Crippen molar-refractivity contribution < 1.29 is 5.11 Å². The van der Waals surface area contributed by atoms with Gasteiger partial charge in [-0.2, -0.15) is 10.4 Å². The van der Waals surface area contributed by atoms with E-state index >= 15 is 0 Å². The summed E-state index contributed by atoms with van der Waals surface area (Å²) in [4.78, 5) is 1.95. The van der Waals surface area contributed by atoms with Crippen molar-refractivity contribution in [2.75, 3.05) is 25.9 Å².